The van der Waals surface area contributed by atoms with E-state index in [1.807, 2.05) is 35.2 Å². The van der Waals surface area contributed by atoms with Gasteiger partial charge in [-0.1, -0.05) is 49.6 Å². The fourth-order valence-electron chi connectivity index (χ4n) is 4.25. The van der Waals surface area contributed by atoms with Crippen LogP contribution in [-0.4, -0.2) is 63.2 Å². The third kappa shape index (κ3) is 4.08. The molecule has 2 aromatic rings. The van der Waals surface area contributed by atoms with Crippen LogP contribution in [0.2, 0.25) is 0 Å². The first kappa shape index (κ1) is 18.7. The third-order valence-corrected chi connectivity index (χ3v) is 5.91. The molecule has 2 fully saturated rings. The van der Waals surface area contributed by atoms with Crippen LogP contribution in [0, 0.1) is 5.92 Å². The highest BCUT2D eigenvalue weighted by atomic mass is 16.2. The fourth-order valence-corrected chi connectivity index (χ4v) is 4.25. The number of aromatic amines is 1. The minimum atomic E-state index is -0.132. The lowest BCUT2D eigenvalue weighted by Crippen LogP contribution is -2.51. The zero-order valence-corrected chi connectivity index (χ0v) is 16.1. The second-order valence-electron chi connectivity index (χ2n) is 7.77. The normalized spacial score (nSPS) is 18.3. The van der Waals surface area contributed by atoms with E-state index in [1.165, 1.54) is 32.1 Å². The van der Waals surface area contributed by atoms with Crippen molar-refractivity contribution >= 4 is 11.8 Å². The van der Waals surface area contributed by atoms with Gasteiger partial charge < -0.3 is 9.80 Å². The second kappa shape index (κ2) is 8.54. The summed E-state index contributed by atoms with van der Waals surface area (Å²) in [6.45, 7) is 2.26. The molecule has 2 amide bonds. The van der Waals surface area contributed by atoms with E-state index in [-0.39, 0.29) is 11.8 Å². The Hall–Kier alpha value is -2.70. The maximum atomic E-state index is 12.9. The highest BCUT2D eigenvalue weighted by molar-refractivity contribution is 5.98. The van der Waals surface area contributed by atoms with Crippen molar-refractivity contribution in [3.05, 3.63) is 36.0 Å². The molecule has 1 aliphatic heterocycles. The number of hydrogen-bond acceptors (Lipinski definition) is 4. The van der Waals surface area contributed by atoms with Gasteiger partial charge in [0.15, 0.2) is 5.69 Å². The van der Waals surface area contributed by atoms with Crippen molar-refractivity contribution in [3.8, 4) is 11.3 Å². The van der Waals surface area contributed by atoms with Crippen LogP contribution >= 0.6 is 0 Å². The molecule has 148 valence electrons. The summed E-state index contributed by atoms with van der Waals surface area (Å²) in [6, 6.07) is 9.57. The van der Waals surface area contributed by atoms with Gasteiger partial charge in [-0.3, -0.25) is 9.59 Å². The molecule has 4 rings (SSSR count). The highest BCUT2D eigenvalue weighted by Gasteiger charge is 2.29. The van der Waals surface area contributed by atoms with E-state index in [4.69, 9.17) is 0 Å². The van der Waals surface area contributed by atoms with E-state index in [1.54, 1.807) is 4.90 Å². The van der Waals surface area contributed by atoms with Gasteiger partial charge in [0.05, 0.1) is 0 Å². The summed E-state index contributed by atoms with van der Waals surface area (Å²) in [5.41, 5.74) is 1.77. The van der Waals surface area contributed by atoms with E-state index in [0.717, 1.165) is 5.56 Å². The molecule has 2 aliphatic rings. The Morgan fingerprint density at radius 1 is 0.929 bits per heavy atom. The smallest absolute Gasteiger partial charge is 0.276 e. The van der Waals surface area contributed by atoms with Gasteiger partial charge in [-0.25, -0.2) is 0 Å². The van der Waals surface area contributed by atoms with Gasteiger partial charge in [0, 0.05) is 38.2 Å². The molecule has 28 heavy (non-hydrogen) atoms. The molecule has 0 unspecified atom stereocenters. The van der Waals surface area contributed by atoms with Crippen LogP contribution in [0.3, 0.4) is 0 Å². The molecule has 1 aromatic heterocycles. The topological polar surface area (TPSA) is 82.2 Å². The number of aromatic nitrogens is 3. The molecule has 1 saturated heterocycles. The Balaban J connectivity index is 1.35. The molecule has 1 aliphatic carbocycles. The molecule has 0 atom stereocenters. The molecule has 1 aromatic carbocycles. The Bertz CT molecular complexity index is 805. The lowest BCUT2D eigenvalue weighted by molar-refractivity contribution is -0.133. The summed E-state index contributed by atoms with van der Waals surface area (Å²) in [7, 11) is 0. The number of piperazine rings is 1. The van der Waals surface area contributed by atoms with E-state index in [2.05, 4.69) is 15.4 Å². The number of nitrogens with zero attached hydrogens (tertiary/aromatic N) is 4. The Labute approximate surface area is 165 Å². The predicted octanol–water partition coefficient (Wildman–Crippen LogP) is 2.73. The monoisotopic (exact) mass is 381 g/mol. The fraction of sp³-hybridized carbons (Fsp3) is 0.524. The van der Waals surface area contributed by atoms with Gasteiger partial charge in [-0.15, -0.1) is 0 Å². The number of carbonyl (C=O) groups is 2. The number of rotatable bonds is 4. The highest BCUT2D eigenvalue weighted by Crippen LogP contribution is 2.27. The minimum Gasteiger partial charge on any atom is -0.339 e. The SMILES string of the molecule is O=C(CC1CCCCC1)N1CCN(C(=O)c2n[nH]nc2-c2ccccc2)CC1. The van der Waals surface area contributed by atoms with E-state index in [9.17, 15) is 9.59 Å². The number of hydrogen-bond donors (Lipinski definition) is 1. The van der Waals surface area contributed by atoms with Crippen LogP contribution in [0.1, 0.15) is 49.0 Å². The van der Waals surface area contributed by atoms with Gasteiger partial charge in [0.2, 0.25) is 5.91 Å². The summed E-state index contributed by atoms with van der Waals surface area (Å²) in [4.78, 5) is 29.2. The van der Waals surface area contributed by atoms with Crippen molar-refractivity contribution in [3.63, 3.8) is 0 Å². The number of nitrogens with one attached hydrogen (secondary N) is 1. The molecule has 0 spiro atoms. The average molecular weight is 381 g/mol. The van der Waals surface area contributed by atoms with Gasteiger partial charge in [-0.05, 0) is 18.8 Å². The first-order valence-electron chi connectivity index (χ1n) is 10.3. The van der Waals surface area contributed by atoms with Crippen molar-refractivity contribution in [1.82, 2.24) is 25.2 Å². The number of H-pyrrole nitrogens is 1. The Morgan fingerprint density at radius 3 is 2.32 bits per heavy atom. The van der Waals surface area contributed by atoms with Crippen LogP contribution in [0.5, 0.6) is 0 Å². The molecule has 0 bridgehead atoms. The molecule has 2 heterocycles. The molecule has 1 saturated carbocycles. The number of benzene rings is 1. The van der Waals surface area contributed by atoms with Gasteiger partial charge >= 0.3 is 0 Å². The first-order chi connectivity index (χ1) is 13.7. The standard InChI is InChI=1S/C21H27N5O2/c27-18(15-16-7-3-1-4-8-16)25-11-13-26(14-12-25)21(28)20-19(22-24-23-20)17-9-5-2-6-10-17/h2,5-6,9-10,16H,1,3-4,7-8,11-15H2,(H,22,23,24). The summed E-state index contributed by atoms with van der Waals surface area (Å²) in [5, 5.41) is 10.8. The molecule has 7 nitrogen and oxygen atoms in total. The lowest BCUT2D eigenvalue weighted by atomic mass is 9.86. The number of amides is 2. The maximum absolute atomic E-state index is 12.9. The summed E-state index contributed by atoms with van der Waals surface area (Å²) >= 11 is 0. The second-order valence-corrected chi connectivity index (χ2v) is 7.77. The summed E-state index contributed by atoms with van der Waals surface area (Å²) in [5.74, 6) is 0.655. The summed E-state index contributed by atoms with van der Waals surface area (Å²) in [6.07, 6.45) is 6.83. The Morgan fingerprint density at radius 2 is 1.61 bits per heavy atom. The van der Waals surface area contributed by atoms with Gasteiger partial charge in [0.1, 0.15) is 5.69 Å². The van der Waals surface area contributed by atoms with Crippen LogP contribution in [0.4, 0.5) is 0 Å². The van der Waals surface area contributed by atoms with Gasteiger partial charge in [0.25, 0.3) is 5.91 Å². The van der Waals surface area contributed by atoms with E-state index in [0.29, 0.717) is 49.9 Å². The van der Waals surface area contributed by atoms with E-state index >= 15 is 0 Å². The summed E-state index contributed by atoms with van der Waals surface area (Å²) < 4.78 is 0. The lowest BCUT2D eigenvalue weighted by Gasteiger charge is -2.35. The van der Waals surface area contributed by atoms with Crippen LogP contribution in [-0.2, 0) is 4.79 Å². The maximum Gasteiger partial charge on any atom is 0.276 e. The zero-order chi connectivity index (χ0) is 19.3. The van der Waals surface area contributed by atoms with Gasteiger partial charge in [-0.2, -0.15) is 15.4 Å². The Kier molecular flexibility index (Phi) is 5.69. The average Bonchev–Trinajstić information content (AvgIpc) is 3.24. The first-order valence-corrected chi connectivity index (χ1v) is 10.3. The molecule has 0 radical (unpaired) electrons. The van der Waals surface area contributed by atoms with Crippen LogP contribution in [0.15, 0.2) is 30.3 Å². The van der Waals surface area contributed by atoms with Crippen molar-refractivity contribution in [1.29, 1.82) is 0 Å². The largest absolute Gasteiger partial charge is 0.339 e. The minimum absolute atomic E-state index is 0.132. The van der Waals surface area contributed by atoms with Crippen molar-refractivity contribution < 1.29 is 9.59 Å². The van der Waals surface area contributed by atoms with Crippen LogP contribution < -0.4 is 0 Å². The molecule has 7 heteroatoms. The van der Waals surface area contributed by atoms with Crippen LogP contribution in [0.25, 0.3) is 11.3 Å². The number of carbonyl (C=O) groups excluding carboxylic acids is 2. The van der Waals surface area contributed by atoms with Crippen molar-refractivity contribution in [2.45, 2.75) is 38.5 Å². The third-order valence-electron chi connectivity index (χ3n) is 5.91. The van der Waals surface area contributed by atoms with Crippen molar-refractivity contribution in [2.75, 3.05) is 26.2 Å². The molecular weight excluding hydrogens is 354 g/mol. The zero-order valence-electron chi connectivity index (χ0n) is 16.1. The van der Waals surface area contributed by atoms with E-state index < -0.39 is 0 Å². The molecular formula is C21H27N5O2. The molecule has 1 N–H and O–H groups in total. The predicted molar refractivity (Wildman–Crippen MR) is 105 cm³/mol. The van der Waals surface area contributed by atoms with Crippen molar-refractivity contribution in [2.24, 2.45) is 5.92 Å². The quantitative estimate of drug-likeness (QED) is 0.883.